The molecule has 28 heavy (non-hydrogen) atoms. The van der Waals surface area contributed by atoms with Gasteiger partial charge in [0.2, 0.25) is 0 Å². The van der Waals surface area contributed by atoms with Crippen LogP contribution in [-0.2, 0) is 24.4 Å². The summed E-state index contributed by atoms with van der Waals surface area (Å²) < 4.78 is 8.08. The molecule has 0 saturated carbocycles. The molecule has 0 amide bonds. The Morgan fingerprint density at radius 3 is 2.75 bits per heavy atom. The van der Waals surface area contributed by atoms with E-state index in [1.54, 1.807) is 11.3 Å². The Morgan fingerprint density at radius 2 is 1.96 bits per heavy atom. The summed E-state index contributed by atoms with van der Waals surface area (Å²) in [7, 11) is 0. The van der Waals surface area contributed by atoms with Crippen LogP contribution in [0.25, 0.3) is 15.4 Å². The number of nitrogens with two attached hydrogens (primary N) is 1. The smallest absolute Gasteiger partial charge is 0.164 e. The summed E-state index contributed by atoms with van der Waals surface area (Å²) in [6.45, 7) is 3.00. The van der Waals surface area contributed by atoms with Crippen molar-refractivity contribution < 1.29 is 4.74 Å². The van der Waals surface area contributed by atoms with E-state index >= 15 is 0 Å². The number of thiophene rings is 1. The van der Waals surface area contributed by atoms with Gasteiger partial charge < -0.3 is 10.5 Å². The third kappa shape index (κ3) is 2.89. The van der Waals surface area contributed by atoms with Gasteiger partial charge in [-0.3, -0.25) is 4.57 Å². The van der Waals surface area contributed by atoms with Gasteiger partial charge in [0, 0.05) is 22.2 Å². The van der Waals surface area contributed by atoms with Crippen LogP contribution in [0.1, 0.15) is 28.3 Å². The van der Waals surface area contributed by atoms with Crippen LogP contribution >= 0.6 is 11.3 Å². The molecule has 6 nitrogen and oxygen atoms in total. The summed E-state index contributed by atoms with van der Waals surface area (Å²) in [5.41, 5.74) is 10.6. The summed E-state index contributed by atoms with van der Waals surface area (Å²) >= 11 is 1.74. The zero-order valence-corrected chi connectivity index (χ0v) is 16.2. The number of nitrogens with zero attached hydrogens (tertiary/aromatic N) is 4. The molecule has 1 aliphatic rings. The molecule has 0 saturated heterocycles. The zero-order chi connectivity index (χ0) is 19.1. The number of fused-ring (bicyclic) bond motifs is 3. The van der Waals surface area contributed by atoms with Gasteiger partial charge in [-0.15, -0.1) is 21.5 Å². The quantitative estimate of drug-likeness (QED) is 0.575. The molecular weight excluding hydrogens is 370 g/mol. The summed E-state index contributed by atoms with van der Waals surface area (Å²) in [4.78, 5) is 5.49. The molecule has 1 aromatic carbocycles. The second kappa shape index (κ2) is 6.85. The third-order valence-corrected chi connectivity index (χ3v) is 6.25. The summed E-state index contributed by atoms with van der Waals surface area (Å²) in [5, 5.41) is 9.68. The van der Waals surface area contributed by atoms with Crippen LogP contribution in [0.15, 0.2) is 48.7 Å². The molecule has 0 radical (unpaired) electrons. The molecule has 0 aliphatic carbocycles. The molecule has 2 N–H and O–H groups in total. The average Bonchev–Trinajstić information content (AvgIpc) is 3.18. The molecule has 3 aromatic heterocycles. The van der Waals surface area contributed by atoms with Crippen LogP contribution < -0.4 is 5.73 Å². The number of benzene rings is 1. The lowest BCUT2D eigenvalue weighted by atomic mass is 9.99. The number of anilines is 1. The van der Waals surface area contributed by atoms with Crippen LogP contribution in [0.3, 0.4) is 0 Å². The molecule has 7 heteroatoms. The fourth-order valence-corrected chi connectivity index (χ4v) is 4.97. The van der Waals surface area contributed by atoms with Gasteiger partial charge in [-0.2, -0.15) is 0 Å². The lowest BCUT2D eigenvalue weighted by Crippen LogP contribution is -2.00. The first-order valence-corrected chi connectivity index (χ1v) is 9.91. The van der Waals surface area contributed by atoms with Crippen molar-refractivity contribution in [1.82, 2.24) is 19.7 Å². The van der Waals surface area contributed by atoms with Crippen LogP contribution in [0.2, 0.25) is 0 Å². The first-order valence-electron chi connectivity index (χ1n) is 9.10. The Hall–Kier alpha value is -3.03. The van der Waals surface area contributed by atoms with Crippen molar-refractivity contribution in [2.75, 3.05) is 5.73 Å². The molecule has 1 aliphatic heterocycles. The monoisotopic (exact) mass is 389 g/mol. The Morgan fingerprint density at radius 1 is 1.11 bits per heavy atom. The Labute approximate surface area is 166 Å². The fraction of sp³-hybridized carbons (Fsp3) is 0.190. The highest BCUT2D eigenvalue weighted by atomic mass is 32.1. The maximum Gasteiger partial charge on any atom is 0.164 e. The first kappa shape index (κ1) is 17.1. The predicted molar refractivity (Wildman–Crippen MR) is 109 cm³/mol. The zero-order valence-electron chi connectivity index (χ0n) is 15.4. The van der Waals surface area contributed by atoms with Crippen molar-refractivity contribution in [1.29, 1.82) is 0 Å². The standard InChI is InChI=1S/C21H19N5OS/c1-13-24-25-19-12-27-11-17-16(9-14-5-3-2-4-6-14)20(28-21(17)26(13)19)15-7-8-18(22)23-10-15/h2-8,10H,9,11-12H2,1H3,(H2,22,23). The Bertz CT molecular complexity index is 1130. The summed E-state index contributed by atoms with van der Waals surface area (Å²) in [6, 6.07) is 14.4. The molecule has 0 atom stereocenters. The number of hydrogen-bond donors (Lipinski definition) is 1. The van der Waals surface area contributed by atoms with E-state index in [0.717, 1.165) is 28.6 Å². The topological polar surface area (TPSA) is 78.9 Å². The van der Waals surface area contributed by atoms with Gasteiger partial charge in [0.05, 0.1) is 6.61 Å². The number of aryl methyl sites for hydroxylation is 1. The van der Waals surface area contributed by atoms with Crippen LogP contribution in [0.5, 0.6) is 0 Å². The molecule has 5 rings (SSSR count). The first-order chi connectivity index (χ1) is 13.7. The van der Waals surface area contributed by atoms with Crippen molar-refractivity contribution in [2.45, 2.75) is 26.6 Å². The van der Waals surface area contributed by atoms with Crippen LogP contribution in [0.4, 0.5) is 5.82 Å². The molecule has 140 valence electrons. The minimum Gasteiger partial charge on any atom is -0.384 e. The lowest BCUT2D eigenvalue weighted by Gasteiger charge is -2.09. The van der Waals surface area contributed by atoms with Crippen molar-refractivity contribution >= 4 is 17.2 Å². The fourth-order valence-electron chi connectivity index (χ4n) is 3.58. The Kier molecular flexibility index (Phi) is 4.18. The average molecular weight is 389 g/mol. The SMILES string of the molecule is Cc1nnc2n1-c1sc(-c3ccc(N)nc3)c(Cc3ccccc3)c1COC2. The third-order valence-electron chi connectivity index (χ3n) is 4.94. The van der Waals surface area contributed by atoms with E-state index in [4.69, 9.17) is 10.5 Å². The van der Waals surface area contributed by atoms with Crippen molar-refractivity contribution in [2.24, 2.45) is 0 Å². The molecule has 4 aromatic rings. The van der Waals surface area contributed by atoms with Crippen molar-refractivity contribution in [3.8, 4) is 15.4 Å². The van der Waals surface area contributed by atoms with E-state index in [0.29, 0.717) is 19.0 Å². The highest BCUT2D eigenvalue weighted by Crippen LogP contribution is 2.42. The highest BCUT2D eigenvalue weighted by Gasteiger charge is 2.26. The van der Waals surface area contributed by atoms with Gasteiger partial charge in [0.25, 0.3) is 0 Å². The number of aromatic nitrogens is 4. The van der Waals surface area contributed by atoms with Crippen LogP contribution in [0, 0.1) is 6.92 Å². The molecule has 0 spiro atoms. The van der Waals surface area contributed by atoms with Gasteiger partial charge in [-0.05, 0) is 36.6 Å². The van der Waals surface area contributed by atoms with E-state index in [1.807, 2.05) is 31.3 Å². The van der Waals surface area contributed by atoms with E-state index in [1.165, 1.54) is 21.6 Å². The summed E-state index contributed by atoms with van der Waals surface area (Å²) in [6.07, 6.45) is 2.67. The van der Waals surface area contributed by atoms with Gasteiger partial charge >= 0.3 is 0 Å². The lowest BCUT2D eigenvalue weighted by molar-refractivity contribution is 0.105. The number of hydrogen-bond acceptors (Lipinski definition) is 6. The van der Waals surface area contributed by atoms with Gasteiger partial charge in [0.15, 0.2) is 5.82 Å². The van der Waals surface area contributed by atoms with E-state index in [9.17, 15) is 0 Å². The van der Waals surface area contributed by atoms with Crippen LogP contribution in [-0.4, -0.2) is 19.7 Å². The second-order valence-corrected chi connectivity index (χ2v) is 7.82. The predicted octanol–water partition coefficient (Wildman–Crippen LogP) is 3.90. The number of rotatable bonds is 3. The van der Waals surface area contributed by atoms with Gasteiger partial charge in [-0.25, -0.2) is 4.98 Å². The minimum atomic E-state index is 0.464. The maximum absolute atomic E-state index is 5.96. The molecular formula is C21H19N5OS. The van der Waals surface area contributed by atoms with Gasteiger partial charge in [-0.1, -0.05) is 30.3 Å². The van der Waals surface area contributed by atoms with E-state index in [2.05, 4.69) is 44.0 Å². The maximum atomic E-state index is 5.96. The molecule has 0 fully saturated rings. The largest absolute Gasteiger partial charge is 0.384 e. The second-order valence-electron chi connectivity index (χ2n) is 6.82. The number of pyridine rings is 1. The van der Waals surface area contributed by atoms with Crippen molar-refractivity contribution in [3.63, 3.8) is 0 Å². The highest BCUT2D eigenvalue weighted by molar-refractivity contribution is 7.18. The minimum absolute atomic E-state index is 0.464. The number of nitrogen functional groups attached to an aromatic ring is 1. The van der Waals surface area contributed by atoms with E-state index in [-0.39, 0.29) is 0 Å². The Balaban J connectivity index is 1.73. The molecule has 0 unspecified atom stereocenters. The molecule has 0 bridgehead atoms. The van der Waals surface area contributed by atoms with E-state index < -0.39 is 0 Å². The number of ether oxygens (including phenoxy) is 1. The van der Waals surface area contributed by atoms with Crippen molar-refractivity contribution in [3.05, 3.63) is 77.0 Å². The van der Waals surface area contributed by atoms with Gasteiger partial charge in [0.1, 0.15) is 23.3 Å². The molecule has 4 heterocycles. The normalized spacial score (nSPS) is 13.0. The summed E-state index contributed by atoms with van der Waals surface area (Å²) in [5.74, 6) is 2.23.